The average molecular weight is 223 g/mol. The molecule has 3 rings (SSSR count). The molecule has 2 aromatic rings. The van der Waals surface area contributed by atoms with Gasteiger partial charge in [-0.25, -0.2) is 0 Å². The fourth-order valence-corrected chi connectivity index (χ4v) is 2.59. The van der Waals surface area contributed by atoms with Crippen molar-refractivity contribution >= 4 is 5.69 Å². The highest BCUT2D eigenvalue weighted by molar-refractivity contribution is 5.83. The second-order valence-electron chi connectivity index (χ2n) is 4.83. The zero-order chi connectivity index (χ0) is 11.8. The molecule has 0 amide bonds. The van der Waals surface area contributed by atoms with Crippen LogP contribution in [0.25, 0.3) is 11.1 Å². The molecule has 1 heterocycles. The lowest BCUT2D eigenvalue weighted by Gasteiger charge is -2.12. The summed E-state index contributed by atoms with van der Waals surface area (Å²) < 4.78 is 0. The molecule has 0 radical (unpaired) electrons. The van der Waals surface area contributed by atoms with Crippen LogP contribution < -0.4 is 5.32 Å². The van der Waals surface area contributed by atoms with Gasteiger partial charge in [0.15, 0.2) is 0 Å². The smallest absolute Gasteiger partial charge is 0.0453 e. The summed E-state index contributed by atoms with van der Waals surface area (Å²) in [6, 6.07) is 13.3. The van der Waals surface area contributed by atoms with Gasteiger partial charge in [0, 0.05) is 17.8 Å². The third-order valence-corrected chi connectivity index (χ3v) is 3.53. The largest absolute Gasteiger partial charge is 0.384 e. The first-order chi connectivity index (χ1) is 8.25. The summed E-state index contributed by atoms with van der Waals surface area (Å²) in [4.78, 5) is 0. The van der Waals surface area contributed by atoms with Crippen molar-refractivity contribution in [1.29, 1.82) is 0 Å². The summed E-state index contributed by atoms with van der Waals surface area (Å²) in [6.45, 7) is 5.40. The molecule has 0 saturated heterocycles. The van der Waals surface area contributed by atoms with Crippen molar-refractivity contribution in [1.82, 2.24) is 0 Å². The molecule has 86 valence electrons. The highest BCUT2D eigenvalue weighted by Crippen LogP contribution is 2.36. The Morgan fingerprint density at radius 3 is 2.76 bits per heavy atom. The van der Waals surface area contributed by atoms with Crippen LogP contribution >= 0.6 is 0 Å². The summed E-state index contributed by atoms with van der Waals surface area (Å²) in [5.74, 6) is 0. The van der Waals surface area contributed by atoms with E-state index >= 15 is 0 Å². The maximum absolute atomic E-state index is 3.51. The van der Waals surface area contributed by atoms with Crippen molar-refractivity contribution in [2.45, 2.75) is 20.3 Å². The third-order valence-electron chi connectivity index (χ3n) is 3.53. The summed E-state index contributed by atoms with van der Waals surface area (Å²) in [6.07, 6.45) is 1.15. The van der Waals surface area contributed by atoms with Crippen LogP contribution in [-0.4, -0.2) is 6.54 Å². The zero-order valence-electron chi connectivity index (χ0n) is 10.4. The van der Waals surface area contributed by atoms with E-state index in [0.717, 1.165) is 13.0 Å². The van der Waals surface area contributed by atoms with E-state index in [2.05, 4.69) is 55.6 Å². The number of anilines is 1. The number of benzene rings is 2. The number of nitrogens with one attached hydrogen (secondary N) is 1. The summed E-state index contributed by atoms with van der Waals surface area (Å²) in [7, 11) is 0. The molecule has 1 nitrogen and oxygen atoms in total. The predicted octanol–water partition coefficient (Wildman–Crippen LogP) is 3.94. The van der Waals surface area contributed by atoms with Gasteiger partial charge in [-0.15, -0.1) is 0 Å². The predicted molar refractivity (Wildman–Crippen MR) is 73.5 cm³/mol. The van der Waals surface area contributed by atoms with Gasteiger partial charge in [0.2, 0.25) is 0 Å². The normalized spacial score (nSPS) is 13.3. The minimum Gasteiger partial charge on any atom is -0.384 e. The van der Waals surface area contributed by atoms with Crippen LogP contribution in [-0.2, 0) is 6.42 Å². The molecule has 0 aromatic heterocycles. The lowest BCUT2D eigenvalue weighted by atomic mass is 9.95. The molecule has 0 spiro atoms. The Bertz CT molecular complexity index is 570. The quantitative estimate of drug-likeness (QED) is 0.772. The van der Waals surface area contributed by atoms with Crippen molar-refractivity contribution in [2.75, 3.05) is 11.9 Å². The molecule has 0 bridgehead atoms. The van der Waals surface area contributed by atoms with Gasteiger partial charge in [-0.3, -0.25) is 0 Å². The minimum atomic E-state index is 1.07. The van der Waals surface area contributed by atoms with Gasteiger partial charge < -0.3 is 5.32 Å². The number of hydrogen-bond acceptors (Lipinski definition) is 1. The molecule has 0 aliphatic carbocycles. The van der Waals surface area contributed by atoms with Gasteiger partial charge in [0.1, 0.15) is 0 Å². The second kappa shape index (κ2) is 3.92. The average Bonchev–Trinajstić information content (AvgIpc) is 2.80. The highest BCUT2D eigenvalue weighted by Gasteiger charge is 2.15. The fraction of sp³-hybridized carbons (Fsp3) is 0.250. The number of hydrogen-bond donors (Lipinski definition) is 1. The van der Waals surface area contributed by atoms with E-state index in [9.17, 15) is 0 Å². The van der Waals surface area contributed by atoms with Crippen molar-refractivity contribution in [3.05, 3.63) is 53.1 Å². The van der Waals surface area contributed by atoms with E-state index in [1.807, 2.05) is 0 Å². The van der Waals surface area contributed by atoms with Gasteiger partial charge in [-0.05, 0) is 37.0 Å². The lowest BCUT2D eigenvalue weighted by molar-refractivity contribution is 1.11. The van der Waals surface area contributed by atoms with Gasteiger partial charge in [0.25, 0.3) is 0 Å². The maximum Gasteiger partial charge on any atom is 0.0453 e. The van der Waals surface area contributed by atoms with Crippen LogP contribution in [0.15, 0.2) is 36.4 Å². The Labute approximate surface area is 102 Å². The SMILES string of the molecule is Cc1ccc(C)c(-c2cccc3c2NCC3)c1. The van der Waals surface area contributed by atoms with Crippen molar-refractivity contribution < 1.29 is 0 Å². The van der Waals surface area contributed by atoms with Crippen LogP contribution in [0.4, 0.5) is 5.69 Å². The first-order valence-corrected chi connectivity index (χ1v) is 6.19. The van der Waals surface area contributed by atoms with Gasteiger partial charge in [-0.1, -0.05) is 42.0 Å². The monoisotopic (exact) mass is 223 g/mol. The number of rotatable bonds is 1. The van der Waals surface area contributed by atoms with Crippen LogP contribution in [0.1, 0.15) is 16.7 Å². The molecule has 0 unspecified atom stereocenters. The molecule has 1 aliphatic rings. The Hall–Kier alpha value is -1.76. The van der Waals surface area contributed by atoms with Gasteiger partial charge in [-0.2, -0.15) is 0 Å². The molecule has 0 saturated carbocycles. The molecule has 1 N–H and O–H groups in total. The number of para-hydroxylation sites is 1. The Balaban J connectivity index is 2.22. The van der Waals surface area contributed by atoms with Crippen molar-refractivity contribution in [3.8, 4) is 11.1 Å². The first-order valence-electron chi connectivity index (χ1n) is 6.19. The molecular formula is C16H17N. The topological polar surface area (TPSA) is 12.0 Å². The molecule has 0 atom stereocenters. The summed E-state index contributed by atoms with van der Waals surface area (Å²) >= 11 is 0. The molecule has 1 heteroatoms. The zero-order valence-corrected chi connectivity index (χ0v) is 10.4. The molecule has 17 heavy (non-hydrogen) atoms. The summed E-state index contributed by atoms with van der Waals surface area (Å²) in [5, 5.41) is 3.51. The van der Waals surface area contributed by atoms with Crippen LogP contribution in [0.3, 0.4) is 0 Å². The van der Waals surface area contributed by atoms with E-state index in [4.69, 9.17) is 0 Å². The van der Waals surface area contributed by atoms with Crippen molar-refractivity contribution in [3.63, 3.8) is 0 Å². The van der Waals surface area contributed by atoms with E-state index in [0.29, 0.717) is 0 Å². The molecule has 2 aromatic carbocycles. The Morgan fingerprint density at radius 2 is 1.88 bits per heavy atom. The lowest BCUT2D eigenvalue weighted by Crippen LogP contribution is -1.94. The molecule has 1 aliphatic heterocycles. The number of fused-ring (bicyclic) bond motifs is 1. The minimum absolute atomic E-state index is 1.07. The summed E-state index contributed by atoms with van der Waals surface area (Å²) in [5.41, 5.74) is 8.15. The van der Waals surface area contributed by atoms with E-state index in [1.165, 1.54) is 33.5 Å². The van der Waals surface area contributed by atoms with Gasteiger partial charge >= 0.3 is 0 Å². The highest BCUT2D eigenvalue weighted by atomic mass is 14.9. The maximum atomic E-state index is 3.51. The standard InChI is InChI=1S/C16H17N/c1-11-6-7-12(2)15(10-11)14-5-3-4-13-8-9-17-16(13)14/h3-7,10,17H,8-9H2,1-2H3. The Morgan fingerprint density at radius 1 is 1.00 bits per heavy atom. The fourth-order valence-electron chi connectivity index (χ4n) is 2.59. The van der Waals surface area contributed by atoms with Gasteiger partial charge in [0.05, 0.1) is 0 Å². The first kappa shape index (κ1) is 10.4. The molecular weight excluding hydrogens is 206 g/mol. The second-order valence-corrected chi connectivity index (χ2v) is 4.83. The Kier molecular flexibility index (Phi) is 2.40. The number of aryl methyl sites for hydroxylation is 2. The third kappa shape index (κ3) is 1.72. The van der Waals surface area contributed by atoms with E-state index in [-0.39, 0.29) is 0 Å². The van der Waals surface area contributed by atoms with Crippen LogP contribution in [0.5, 0.6) is 0 Å². The van der Waals surface area contributed by atoms with E-state index < -0.39 is 0 Å². The van der Waals surface area contributed by atoms with Crippen molar-refractivity contribution in [2.24, 2.45) is 0 Å². The van der Waals surface area contributed by atoms with E-state index in [1.54, 1.807) is 0 Å². The van der Waals surface area contributed by atoms with Crippen LogP contribution in [0.2, 0.25) is 0 Å². The molecule has 0 fully saturated rings. The van der Waals surface area contributed by atoms with Crippen LogP contribution in [0, 0.1) is 13.8 Å².